The fourth-order valence-electron chi connectivity index (χ4n) is 3.15. The summed E-state index contributed by atoms with van der Waals surface area (Å²) in [5, 5.41) is 0.481. The van der Waals surface area contributed by atoms with Crippen LogP contribution in [0.5, 0.6) is 11.5 Å². The van der Waals surface area contributed by atoms with E-state index in [1.54, 1.807) is 35.6 Å². The lowest BCUT2D eigenvalue weighted by molar-refractivity contribution is -0.149. The van der Waals surface area contributed by atoms with E-state index in [-0.39, 0.29) is 18.6 Å². The predicted octanol–water partition coefficient (Wildman–Crippen LogP) is 4.02. The lowest BCUT2D eigenvalue weighted by Crippen LogP contribution is -2.43. The summed E-state index contributed by atoms with van der Waals surface area (Å²) in [6.07, 6.45) is 6.47. The molecule has 1 unspecified atom stereocenters. The molecule has 3 heterocycles. The second-order valence-corrected chi connectivity index (χ2v) is 6.83. The number of morpholine rings is 1. The van der Waals surface area contributed by atoms with Gasteiger partial charge in [-0.1, -0.05) is 41.9 Å². The summed E-state index contributed by atoms with van der Waals surface area (Å²) in [5.74, 6) is 1.03. The van der Waals surface area contributed by atoms with Gasteiger partial charge in [-0.05, 0) is 11.6 Å². The highest BCUT2D eigenvalue weighted by Gasteiger charge is 2.32. The number of hydrogen-bond acceptors (Lipinski definition) is 5. The molecule has 1 amide bonds. The Morgan fingerprint density at radius 3 is 2.82 bits per heavy atom. The zero-order valence-electron chi connectivity index (χ0n) is 15.0. The van der Waals surface area contributed by atoms with Crippen molar-refractivity contribution in [2.75, 3.05) is 13.2 Å². The van der Waals surface area contributed by atoms with Crippen LogP contribution in [0.1, 0.15) is 17.2 Å². The van der Waals surface area contributed by atoms with Crippen LogP contribution in [0.15, 0.2) is 67.3 Å². The minimum atomic E-state index is -0.308. The maximum absolute atomic E-state index is 12.6. The maximum atomic E-state index is 12.6. The molecule has 28 heavy (non-hydrogen) atoms. The molecular weight excluding hydrogens is 378 g/mol. The fourth-order valence-corrected chi connectivity index (χ4v) is 3.32. The Balaban J connectivity index is 1.65. The fraction of sp³-hybridized carbons (Fsp3) is 0.190. The van der Waals surface area contributed by atoms with Gasteiger partial charge in [-0.3, -0.25) is 14.8 Å². The Bertz CT molecular complexity index is 968. The van der Waals surface area contributed by atoms with Crippen LogP contribution in [0.25, 0.3) is 0 Å². The molecule has 1 saturated heterocycles. The molecule has 0 aliphatic carbocycles. The molecule has 0 saturated carbocycles. The van der Waals surface area contributed by atoms with Crippen molar-refractivity contribution >= 4 is 17.5 Å². The number of benzene rings is 1. The summed E-state index contributed by atoms with van der Waals surface area (Å²) in [6.45, 7) is 0.924. The number of rotatable bonds is 5. The van der Waals surface area contributed by atoms with Gasteiger partial charge in [-0.15, -0.1) is 0 Å². The first kappa shape index (κ1) is 18.4. The van der Waals surface area contributed by atoms with Gasteiger partial charge in [0.05, 0.1) is 23.9 Å². The summed E-state index contributed by atoms with van der Waals surface area (Å²) < 4.78 is 11.5. The third kappa shape index (κ3) is 4.13. The molecular formula is C21H18ClN3O3. The van der Waals surface area contributed by atoms with Crippen molar-refractivity contribution in [3.05, 3.63) is 83.4 Å². The Labute approximate surface area is 167 Å². The normalized spacial score (nSPS) is 16.8. The average Bonchev–Trinajstić information content (AvgIpc) is 2.71. The monoisotopic (exact) mass is 395 g/mol. The van der Waals surface area contributed by atoms with E-state index in [9.17, 15) is 4.79 Å². The number of carbonyl (C=O) groups is 1. The molecule has 4 rings (SSSR count). The highest BCUT2D eigenvalue weighted by atomic mass is 35.5. The number of amides is 1. The Morgan fingerprint density at radius 1 is 1.14 bits per heavy atom. The van der Waals surface area contributed by atoms with E-state index in [2.05, 4.69) is 9.97 Å². The first-order valence-electron chi connectivity index (χ1n) is 8.84. The minimum absolute atomic E-state index is 0.0675. The third-order valence-electron chi connectivity index (χ3n) is 4.47. The zero-order valence-corrected chi connectivity index (χ0v) is 15.7. The van der Waals surface area contributed by atoms with E-state index < -0.39 is 0 Å². The minimum Gasteiger partial charge on any atom is -0.455 e. The van der Waals surface area contributed by atoms with Crippen molar-refractivity contribution < 1.29 is 14.3 Å². The lowest BCUT2D eigenvalue weighted by Gasteiger charge is -2.36. The molecule has 1 aliphatic heterocycles. The van der Waals surface area contributed by atoms with E-state index in [4.69, 9.17) is 21.1 Å². The molecule has 142 valence electrons. The Morgan fingerprint density at radius 2 is 2.00 bits per heavy atom. The highest BCUT2D eigenvalue weighted by Crippen LogP contribution is 2.35. The van der Waals surface area contributed by atoms with Gasteiger partial charge in [0, 0.05) is 36.8 Å². The van der Waals surface area contributed by atoms with Crippen LogP contribution in [-0.2, 0) is 16.1 Å². The van der Waals surface area contributed by atoms with E-state index in [0.717, 1.165) is 11.1 Å². The Hall–Kier alpha value is -2.96. The molecule has 1 aromatic carbocycles. The van der Waals surface area contributed by atoms with Gasteiger partial charge >= 0.3 is 0 Å². The second kappa shape index (κ2) is 8.37. The largest absolute Gasteiger partial charge is 0.455 e. The first-order chi connectivity index (χ1) is 13.7. The summed E-state index contributed by atoms with van der Waals surface area (Å²) in [5.41, 5.74) is 1.82. The second-order valence-electron chi connectivity index (χ2n) is 6.39. The van der Waals surface area contributed by atoms with Crippen molar-refractivity contribution in [2.24, 2.45) is 0 Å². The van der Waals surface area contributed by atoms with Gasteiger partial charge < -0.3 is 14.4 Å². The van der Waals surface area contributed by atoms with Gasteiger partial charge in [0.25, 0.3) is 0 Å². The molecule has 7 heteroatoms. The van der Waals surface area contributed by atoms with Crippen LogP contribution >= 0.6 is 11.6 Å². The molecule has 1 aliphatic rings. The van der Waals surface area contributed by atoms with Crippen LogP contribution in [0.2, 0.25) is 5.02 Å². The van der Waals surface area contributed by atoms with Crippen molar-refractivity contribution in [2.45, 2.75) is 12.6 Å². The molecule has 0 radical (unpaired) electrons. The van der Waals surface area contributed by atoms with Crippen molar-refractivity contribution in [1.82, 2.24) is 14.9 Å². The first-order valence-corrected chi connectivity index (χ1v) is 9.22. The molecule has 0 bridgehead atoms. The van der Waals surface area contributed by atoms with E-state index in [1.807, 2.05) is 30.3 Å². The van der Waals surface area contributed by atoms with E-state index in [1.165, 1.54) is 6.20 Å². The summed E-state index contributed by atoms with van der Waals surface area (Å²) in [4.78, 5) is 22.7. The lowest BCUT2D eigenvalue weighted by atomic mass is 10.0. The molecule has 1 atom stereocenters. The van der Waals surface area contributed by atoms with Crippen LogP contribution in [0.3, 0.4) is 0 Å². The predicted molar refractivity (Wildman–Crippen MR) is 104 cm³/mol. The molecule has 0 N–H and O–H groups in total. The molecule has 0 spiro atoms. The summed E-state index contributed by atoms with van der Waals surface area (Å²) in [7, 11) is 0. The number of pyridine rings is 2. The number of hydrogen-bond donors (Lipinski definition) is 0. The maximum Gasteiger partial charge on any atom is 0.249 e. The molecule has 6 nitrogen and oxygen atoms in total. The number of nitrogens with zero attached hydrogens (tertiary/aromatic N) is 3. The Kier molecular flexibility index (Phi) is 5.50. The van der Waals surface area contributed by atoms with Gasteiger partial charge in [0.1, 0.15) is 18.1 Å². The number of halogens is 1. The van der Waals surface area contributed by atoms with Crippen molar-refractivity contribution in [1.29, 1.82) is 0 Å². The molecule has 3 aromatic rings. The van der Waals surface area contributed by atoms with E-state index in [0.29, 0.717) is 29.7 Å². The van der Waals surface area contributed by atoms with Crippen LogP contribution in [0, 0.1) is 0 Å². The summed E-state index contributed by atoms with van der Waals surface area (Å²) >= 11 is 6.00. The van der Waals surface area contributed by atoms with Crippen molar-refractivity contribution in [3.8, 4) is 11.5 Å². The smallest absolute Gasteiger partial charge is 0.249 e. The third-order valence-corrected chi connectivity index (χ3v) is 4.68. The highest BCUT2D eigenvalue weighted by molar-refractivity contribution is 6.30. The quantitative estimate of drug-likeness (QED) is 0.652. The van der Waals surface area contributed by atoms with Gasteiger partial charge in [0.15, 0.2) is 0 Å². The summed E-state index contributed by atoms with van der Waals surface area (Å²) in [6, 6.07) is 13.0. The number of carbonyl (C=O) groups excluding carboxylic acids is 1. The zero-order chi connectivity index (χ0) is 19.3. The van der Waals surface area contributed by atoms with Gasteiger partial charge in [-0.25, -0.2) is 0 Å². The standard InChI is InChI=1S/C21H18ClN3O3/c22-16-8-17(10-24-9-16)28-20-6-7-23-11-18(20)19-13-27-14-21(26)25(19)12-15-4-2-1-3-5-15/h1-11,19H,12-14H2. The average molecular weight is 396 g/mol. The molecule has 2 aromatic heterocycles. The number of ether oxygens (including phenoxy) is 2. The van der Waals surface area contributed by atoms with Gasteiger partial charge in [-0.2, -0.15) is 0 Å². The van der Waals surface area contributed by atoms with Crippen LogP contribution in [-0.4, -0.2) is 34.0 Å². The van der Waals surface area contributed by atoms with Crippen LogP contribution in [0.4, 0.5) is 0 Å². The van der Waals surface area contributed by atoms with Crippen LogP contribution < -0.4 is 4.74 Å². The topological polar surface area (TPSA) is 64.5 Å². The van der Waals surface area contributed by atoms with E-state index >= 15 is 0 Å². The molecule has 1 fully saturated rings. The SMILES string of the molecule is O=C1COCC(c2cnccc2Oc2cncc(Cl)c2)N1Cc1ccccc1. The number of aromatic nitrogens is 2. The van der Waals surface area contributed by atoms with Crippen molar-refractivity contribution in [3.63, 3.8) is 0 Å². The van der Waals surface area contributed by atoms with Gasteiger partial charge in [0.2, 0.25) is 5.91 Å².